The zero-order valence-electron chi connectivity index (χ0n) is 10.6. The minimum absolute atomic E-state index is 0.183. The van der Waals surface area contributed by atoms with E-state index in [2.05, 4.69) is 4.72 Å². The first-order valence-corrected chi connectivity index (χ1v) is 8.16. The van der Waals surface area contributed by atoms with Crippen molar-refractivity contribution in [1.29, 1.82) is 0 Å². The van der Waals surface area contributed by atoms with Crippen LogP contribution in [-0.4, -0.2) is 19.5 Å². The van der Waals surface area contributed by atoms with Crippen LogP contribution >= 0.6 is 11.3 Å². The Kier molecular flexibility index (Phi) is 4.22. The summed E-state index contributed by atoms with van der Waals surface area (Å²) in [5.41, 5.74) is 0.808. The quantitative estimate of drug-likeness (QED) is 0.888. The van der Waals surface area contributed by atoms with Gasteiger partial charge in [-0.05, 0) is 23.9 Å². The monoisotopic (exact) mass is 311 g/mol. The van der Waals surface area contributed by atoms with E-state index in [1.54, 1.807) is 19.1 Å². The lowest BCUT2D eigenvalue weighted by Crippen LogP contribution is -2.27. The molecule has 5 nitrogen and oxygen atoms in total. The minimum Gasteiger partial charge on any atom is -0.477 e. The molecule has 0 fully saturated rings. The molecule has 0 bridgehead atoms. The van der Waals surface area contributed by atoms with Crippen LogP contribution in [0.25, 0.3) is 0 Å². The van der Waals surface area contributed by atoms with Crippen molar-refractivity contribution < 1.29 is 18.3 Å². The summed E-state index contributed by atoms with van der Waals surface area (Å²) < 4.78 is 27.0. The number of nitrogens with one attached hydrogen (secondary N) is 1. The van der Waals surface area contributed by atoms with Gasteiger partial charge in [0.15, 0.2) is 0 Å². The maximum absolute atomic E-state index is 12.2. The van der Waals surface area contributed by atoms with Crippen LogP contribution in [0.3, 0.4) is 0 Å². The van der Waals surface area contributed by atoms with Gasteiger partial charge in [0.05, 0.1) is 0 Å². The summed E-state index contributed by atoms with van der Waals surface area (Å²) in [6.45, 7) is 1.71. The molecule has 0 unspecified atom stereocenters. The van der Waals surface area contributed by atoms with Crippen molar-refractivity contribution in [2.75, 3.05) is 0 Å². The maximum atomic E-state index is 12.2. The van der Waals surface area contributed by atoms with Crippen LogP contribution in [0.5, 0.6) is 0 Å². The van der Waals surface area contributed by atoms with Crippen LogP contribution in [0.4, 0.5) is 0 Å². The Labute approximate surface area is 120 Å². The van der Waals surface area contributed by atoms with Gasteiger partial charge >= 0.3 is 5.97 Å². The van der Waals surface area contributed by atoms with Gasteiger partial charge in [-0.25, -0.2) is 17.9 Å². The van der Waals surface area contributed by atoms with Crippen LogP contribution < -0.4 is 4.72 Å². The predicted molar refractivity (Wildman–Crippen MR) is 76.5 cm³/mol. The van der Waals surface area contributed by atoms with Crippen LogP contribution in [0, 0.1) is 0 Å². The molecule has 0 saturated heterocycles. The second kappa shape index (κ2) is 5.74. The van der Waals surface area contributed by atoms with E-state index < -0.39 is 22.0 Å². The lowest BCUT2D eigenvalue weighted by Gasteiger charge is -2.14. The normalized spacial score (nSPS) is 13.1. The van der Waals surface area contributed by atoms with Gasteiger partial charge < -0.3 is 5.11 Å². The van der Waals surface area contributed by atoms with Crippen molar-refractivity contribution in [3.63, 3.8) is 0 Å². The van der Waals surface area contributed by atoms with Gasteiger partial charge in [0.25, 0.3) is 0 Å². The van der Waals surface area contributed by atoms with Gasteiger partial charge in [-0.15, -0.1) is 11.3 Å². The largest absolute Gasteiger partial charge is 0.477 e. The van der Waals surface area contributed by atoms with Crippen molar-refractivity contribution in [2.24, 2.45) is 0 Å². The van der Waals surface area contributed by atoms with E-state index in [0.29, 0.717) is 0 Å². The van der Waals surface area contributed by atoms with E-state index in [9.17, 15) is 13.2 Å². The third-order valence-electron chi connectivity index (χ3n) is 2.74. The molecule has 0 aliphatic heterocycles. The Balaban J connectivity index is 2.28. The molecule has 2 rings (SSSR count). The lowest BCUT2D eigenvalue weighted by atomic mass is 10.1. The smallest absolute Gasteiger partial charge is 0.347 e. The molecular weight excluding hydrogens is 298 g/mol. The third-order valence-corrected chi connectivity index (χ3v) is 5.36. The molecule has 7 heteroatoms. The Bertz CT molecular complexity index is 707. The van der Waals surface area contributed by atoms with Crippen molar-refractivity contribution >= 4 is 27.3 Å². The van der Waals surface area contributed by atoms with Crippen molar-refractivity contribution in [2.45, 2.75) is 17.9 Å². The first-order chi connectivity index (χ1) is 9.42. The van der Waals surface area contributed by atoms with E-state index in [0.717, 1.165) is 16.9 Å². The molecule has 0 aliphatic carbocycles. The van der Waals surface area contributed by atoms with Crippen LogP contribution in [-0.2, 0) is 10.0 Å². The minimum atomic E-state index is -3.86. The molecule has 106 valence electrons. The lowest BCUT2D eigenvalue weighted by molar-refractivity contribution is 0.0698. The average molecular weight is 311 g/mol. The van der Waals surface area contributed by atoms with Crippen molar-refractivity contribution in [3.05, 3.63) is 52.2 Å². The number of benzene rings is 1. The molecule has 1 atom stereocenters. The SMILES string of the molecule is C[C@@H](NS(=O)(=O)c1ccsc1C(=O)O)c1ccccc1. The van der Waals surface area contributed by atoms with E-state index in [1.165, 1.54) is 11.4 Å². The fourth-order valence-corrected chi connectivity index (χ4v) is 4.26. The molecule has 20 heavy (non-hydrogen) atoms. The zero-order valence-corrected chi connectivity index (χ0v) is 12.2. The highest BCUT2D eigenvalue weighted by Crippen LogP contribution is 2.24. The number of carboxylic acid groups (broad SMARTS) is 1. The highest BCUT2D eigenvalue weighted by atomic mass is 32.2. The number of carboxylic acids is 1. The summed E-state index contributed by atoms with van der Waals surface area (Å²) in [5.74, 6) is -1.24. The number of carbonyl (C=O) groups is 1. The summed E-state index contributed by atoms with van der Waals surface area (Å²) in [6, 6.07) is 9.93. The molecule has 2 aromatic rings. The number of aromatic carboxylic acids is 1. The van der Waals surface area contributed by atoms with E-state index in [4.69, 9.17) is 5.11 Å². The molecule has 0 spiro atoms. The Morgan fingerprint density at radius 1 is 1.25 bits per heavy atom. The Morgan fingerprint density at radius 2 is 1.90 bits per heavy atom. The summed E-state index contributed by atoms with van der Waals surface area (Å²) in [4.78, 5) is 10.6. The van der Waals surface area contributed by atoms with Gasteiger partial charge in [-0.2, -0.15) is 0 Å². The molecule has 0 saturated carbocycles. The number of hydrogen-bond donors (Lipinski definition) is 2. The molecule has 2 N–H and O–H groups in total. The van der Waals surface area contributed by atoms with Crippen molar-refractivity contribution in [1.82, 2.24) is 4.72 Å². The van der Waals surface area contributed by atoms with Gasteiger partial charge in [0, 0.05) is 6.04 Å². The number of hydrogen-bond acceptors (Lipinski definition) is 4. The average Bonchev–Trinajstić information content (AvgIpc) is 2.89. The number of thiophene rings is 1. The maximum Gasteiger partial charge on any atom is 0.347 e. The molecule has 0 amide bonds. The molecular formula is C13H13NO4S2. The topological polar surface area (TPSA) is 83.5 Å². The molecule has 0 aliphatic rings. The van der Waals surface area contributed by atoms with Gasteiger partial charge in [0.1, 0.15) is 9.77 Å². The Morgan fingerprint density at radius 3 is 2.50 bits per heavy atom. The summed E-state index contributed by atoms with van der Waals surface area (Å²) in [7, 11) is -3.86. The second-order valence-electron chi connectivity index (χ2n) is 4.17. The van der Waals surface area contributed by atoms with Gasteiger partial charge in [0.2, 0.25) is 10.0 Å². The standard InChI is InChI=1S/C13H13NO4S2/c1-9(10-5-3-2-4-6-10)14-20(17,18)11-7-8-19-12(11)13(15)16/h2-9,14H,1H3,(H,15,16)/t9-/m1/s1. The number of rotatable bonds is 5. The molecule has 1 aromatic heterocycles. The highest BCUT2D eigenvalue weighted by Gasteiger charge is 2.25. The van der Waals surface area contributed by atoms with Crippen molar-refractivity contribution in [3.8, 4) is 0 Å². The van der Waals surface area contributed by atoms with Gasteiger partial charge in [-0.1, -0.05) is 30.3 Å². The fourth-order valence-electron chi connectivity index (χ4n) is 1.77. The van der Waals surface area contributed by atoms with Crippen LogP contribution in [0.1, 0.15) is 28.2 Å². The predicted octanol–water partition coefficient (Wildman–Crippen LogP) is 2.49. The summed E-state index contributed by atoms with van der Waals surface area (Å²) >= 11 is 0.889. The third kappa shape index (κ3) is 3.06. The first kappa shape index (κ1) is 14.7. The molecule has 1 heterocycles. The summed E-state index contributed by atoms with van der Waals surface area (Å²) in [5, 5.41) is 10.4. The highest BCUT2D eigenvalue weighted by molar-refractivity contribution is 7.89. The van der Waals surface area contributed by atoms with Crippen LogP contribution in [0.2, 0.25) is 0 Å². The fraction of sp³-hybridized carbons (Fsp3) is 0.154. The zero-order chi connectivity index (χ0) is 14.8. The van der Waals surface area contributed by atoms with Crippen LogP contribution in [0.15, 0.2) is 46.7 Å². The summed E-state index contributed by atoms with van der Waals surface area (Å²) in [6.07, 6.45) is 0. The number of sulfonamides is 1. The Hall–Kier alpha value is -1.70. The van der Waals surface area contributed by atoms with Gasteiger partial charge in [-0.3, -0.25) is 0 Å². The first-order valence-electron chi connectivity index (χ1n) is 5.80. The van der Waals surface area contributed by atoms with E-state index in [-0.39, 0.29) is 9.77 Å². The van der Waals surface area contributed by atoms with E-state index in [1.807, 2.05) is 18.2 Å². The van der Waals surface area contributed by atoms with E-state index >= 15 is 0 Å². The molecule has 0 radical (unpaired) electrons. The molecule has 1 aromatic carbocycles. The second-order valence-corrected chi connectivity index (χ2v) is 6.77.